The summed E-state index contributed by atoms with van der Waals surface area (Å²) in [6.45, 7) is 7.47. The molecule has 0 amide bonds. The van der Waals surface area contributed by atoms with E-state index in [1.807, 2.05) is 24.5 Å². The Kier molecular flexibility index (Phi) is 5.54. The van der Waals surface area contributed by atoms with Crippen molar-refractivity contribution in [3.63, 3.8) is 0 Å². The van der Waals surface area contributed by atoms with Crippen molar-refractivity contribution < 1.29 is 4.79 Å². The first-order chi connectivity index (χ1) is 11.7. The fourth-order valence-electron chi connectivity index (χ4n) is 3.82. The minimum atomic E-state index is 0. The van der Waals surface area contributed by atoms with Crippen LogP contribution in [-0.2, 0) is 0 Å². The molecule has 2 unspecified atom stereocenters. The molecule has 0 radical (unpaired) electrons. The molecule has 2 bridgehead atoms. The summed E-state index contributed by atoms with van der Waals surface area (Å²) < 4.78 is 0. The van der Waals surface area contributed by atoms with Gasteiger partial charge in [0.05, 0.1) is 16.8 Å². The van der Waals surface area contributed by atoms with Gasteiger partial charge in [-0.15, -0.1) is 11.3 Å². The molecule has 0 aromatic carbocycles. The van der Waals surface area contributed by atoms with E-state index in [0.717, 1.165) is 40.9 Å². The van der Waals surface area contributed by atoms with Gasteiger partial charge < -0.3 is 9.80 Å². The van der Waals surface area contributed by atoms with Gasteiger partial charge in [-0.3, -0.25) is 9.78 Å². The largest absolute Gasteiger partial charge is 0.369 e. The van der Waals surface area contributed by atoms with Crippen LogP contribution in [0.25, 0.3) is 10.4 Å². The SMILES string of the molecule is C.CC(=O)c1ccc(-c2cncc(N3CCN4CCCC(C4)C3)c2)s1. The van der Waals surface area contributed by atoms with E-state index in [2.05, 4.69) is 20.9 Å². The predicted octanol–water partition coefficient (Wildman–Crippen LogP) is 4.18. The quantitative estimate of drug-likeness (QED) is 0.772. The maximum Gasteiger partial charge on any atom is 0.169 e. The molecule has 134 valence electrons. The van der Waals surface area contributed by atoms with E-state index in [-0.39, 0.29) is 13.2 Å². The minimum Gasteiger partial charge on any atom is -0.369 e. The highest BCUT2D eigenvalue weighted by Gasteiger charge is 2.26. The summed E-state index contributed by atoms with van der Waals surface area (Å²) in [5, 5.41) is 0. The molecule has 0 N–H and O–H groups in total. The summed E-state index contributed by atoms with van der Waals surface area (Å²) in [5.74, 6) is 0.903. The van der Waals surface area contributed by atoms with Gasteiger partial charge in [-0.05, 0) is 50.4 Å². The summed E-state index contributed by atoms with van der Waals surface area (Å²) in [4.78, 5) is 23.0. The highest BCUT2D eigenvalue weighted by molar-refractivity contribution is 7.17. The summed E-state index contributed by atoms with van der Waals surface area (Å²) in [5.41, 5.74) is 2.32. The number of rotatable bonds is 3. The fourth-order valence-corrected chi connectivity index (χ4v) is 4.70. The van der Waals surface area contributed by atoms with Gasteiger partial charge in [-0.1, -0.05) is 7.43 Å². The van der Waals surface area contributed by atoms with Gasteiger partial charge in [-0.25, -0.2) is 0 Å². The van der Waals surface area contributed by atoms with Gasteiger partial charge in [-0.2, -0.15) is 0 Å². The smallest absolute Gasteiger partial charge is 0.169 e. The molecular formula is C20H27N3OS. The number of piperidine rings is 1. The lowest BCUT2D eigenvalue weighted by atomic mass is 9.98. The van der Waals surface area contributed by atoms with Crippen LogP contribution >= 0.6 is 11.3 Å². The first-order valence-corrected chi connectivity index (χ1v) is 9.54. The molecule has 5 heteroatoms. The molecule has 4 nitrogen and oxygen atoms in total. The Morgan fingerprint density at radius 1 is 1.20 bits per heavy atom. The highest BCUT2D eigenvalue weighted by Crippen LogP contribution is 2.31. The molecule has 25 heavy (non-hydrogen) atoms. The number of Topliss-reactive ketones (excluding diaryl/α,β-unsaturated/α-hetero) is 1. The first-order valence-electron chi connectivity index (χ1n) is 8.72. The van der Waals surface area contributed by atoms with Crippen LogP contribution < -0.4 is 4.90 Å². The van der Waals surface area contributed by atoms with E-state index >= 15 is 0 Å². The van der Waals surface area contributed by atoms with Crippen LogP contribution in [0.2, 0.25) is 0 Å². The second-order valence-corrected chi connectivity index (χ2v) is 7.99. The van der Waals surface area contributed by atoms with Crippen molar-refractivity contribution in [1.29, 1.82) is 0 Å². The second kappa shape index (κ2) is 7.67. The zero-order valence-electron chi connectivity index (χ0n) is 14.1. The van der Waals surface area contributed by atoms with E-state index in [1.165, 1.54) is 31.6 Å². The van der Waals surface area contributed by atoms with Crippen molar-refractivity contribution in [1.82, 2.24) is 9.88 Å². The number of ketones is 1. The van der Waals surface area contributed by atoms with Crippen LogP contribution in [0.3, 0.4) is 0 Å². The van der Waals surface area contributed by atoms with Crippen molar-refractivity contribution in [3.8, 4) is 10.4 Å². The van der Waals surface area contributed by atoms with Gasteiger partial charge in [0.15, 0.2) is 5.78 Å². The number of thiophene rings is 1. The number of fused-ring (bicyclic) bond motifs is 2. The van der Waals surface area contributed by atoms with Gasteiger partial charge >= 0.3 is 0 Å². The topological polar surface area (TPSA) is 36.4 Å². The molecule has 2 fully saturated rings. The molecule has 0 aliphatic carbocycles. The molecule has 0 saturated carbocycles. The monoisotopic (exact) mass is 357 g/mol. The molecule has 2 aliphatic rings. The average Bonchev–Trinajstić information content (AvgIpc) is 3.04. The van der Waals surface area contributed by atoms with Crippen LogP contribution in [0.15, 0.2) is 30.6 Å². The fraction of sp³-hybridized carbons (Fsp3) is 0.500. The van der Waals surface area contributed by atoms with Crippen molar-refractivity contribution >= 4 is 22.8 Å². The van der Waals surface area contributed by atoms with Crippen LogP contribution in [0.1, 0.15) is 36.9 Å². The van der Waals surface area contributed by atoms with Gasteiger partial charge in [0, 0.05) is 42.8 Å². The Morgan fingerprint density at radius 3 is 2.88 bits per heavy atom. The molecule has 2 atom stereocenters. The number of nitrogens with zero attached hydrogens (tertiary/aromatic N) is 3. The first kappa shape index (κ1) is 18.1. The van der Waals surface area contributed by atoms with E-state index < -0.39 is 0 Å². The molecule has 4 heterocycles. The number of pyridine rings is 1. The molecule has 0 spiro atoms. The Balaban J connectivity index is 0.00000182. The van der Waals surface area contributed by atoms with Crippen molar-refractivity contribution in [2.24, 2.45) is 5.92 Å². The number of hydrogen-bond acceptors (Lipinski definition) is 5. The van der Waals surface area contributed by atoms with E-state index in [9.17, 15) is 4.79 Å². The van der Waals surface area contributed by atoms with Crippen molar-refractivity contribution in [2.45, 2.75) is 27.2 Å². The maximum atomic E-state index is 11.5. The number of carbonyl (C=O) groups is 1. The van der Waals surface area contributed by atoms with Crippen LogP contribution in [-0.4, -0.2) is 48.4 Å². The predicted molar refractivity (Wildman–Crippen MR) is 106 cm³/mol. The number of hydrogen-bond donors (Lipinski definition) is 0. The lowest BCUT2D eigenvalue weighted by molar-refractivity contribution is 0.102. The summed E-state index contributed by atoms with van der Waals surface area (Å²) in [6, 6.07) is 6.17. The lowest BCUT2D eigenvalue weighted by Gasteiger charge is -2.29. The molecule has 2 aliphatic heterocycles. The number of anilines is 1. The third kappa shape index (κ3) is 3.93. The van der Waals surface area contributed by atoms with E-state index in [0.29, 0.717) is 0 Å². The Labute approximate surface area is 154 Å². The van der Waals surface area contributed by atoms with E-state index in [1.54, 1.807) is 18.3 Å². The molecule has 2 aromatic heterocycles. The second-order valence-electron chi connectivity index (χ2n) is 6.91. The molecule has 2 aromatic rings. The van der Waals surface area contributed by atoms with E-state index in [4.69, 9.17) is 0 Å². The third-order valence-electron chi connectivity index (χ3n) is 5.09. The number of carbonyl (C=O) groups excluding carboxylic acids is 1. The maximum absolute atomic E-state index is 11.5. The highest BCUT2D eigenvalue weighted by atomic mass is 32.1. The average molecular weight is 358 g/mol. The Hall–Kier alpha value is -1.72. The third-order valence-corrected chi connectivity index (χ3v) is 6.33. The number of aromatic nitrogens is 1. The Morgan fingerprint density at radius 2 is 2.08 bits per heavy atom. The molecular weight excluding hydrogens is 330 g/mol. The van der Waals surface area contributed by atoms with Crippen LogP contribution in [0, 0.1) is 5.92 Å². The van der Waals surface area contributed by atoms with Crippen molar-refractivity contribution in [2.75, 3.05) is 37.6 Å². The zero-order chi connectivity index (χ0) is 16.5. The molecule has 4 rings (SSSR count). The van der Waals surface area contributed by atoms with Crippen molar-refractivity contribution in [3.05, 3.63) is 35.5 Å². The van der Waals surface area contributed by atoms with Gasteiger partial charge in [0.2, 0.25) is 0 Å². The van der Waals surface area contributed by atoms with Crippen LogP contribution in [0.4, 0.5) is 5.69 Å². The molecule has 2 saturated heterocycles. The standard InChI is InChI=1S/C19H23N3OS.CH4/c1-14(23)18-4-5-19(24-18)16-9-17(11-20-10-16)22-8-7-21-6-2-3-15(12-21)13-22;/h4-5,9-11,15H,2-3,6-8,12-13H2,1H3;1H4. The summed E-state index contributed by atoms with van der Waals surface area (Å²) in [7, 11) is 0. The zero-order valence-corrected chi connectivity index (χ0v) is 14.9. The summed E-state index contributed by atoms with van der Waals surface area (Å²) in [6.07, 6.45) is 6.55. The summed E-state index contributed by atoms with van der Waals surface area (Å²) >= 11 is 1.55. The normalized spacial score (nSPS) is 22.8. The minimum absolute atomic E-state index is 0. The van der Waals surface area contributed by atoms with Crippen LogP contribution in [0.5, 0.6) is 0 Å². The van der Waals surface area contributed by atoms with Gasteiger partial charge in [0.25, 0.3) is 0 Å². The van der Waals surface area contributed by atoms with Gasteiger partial charge in [0.1, 0.15) is 0 Å². The Bertz CT molecular complexity index is 742. The lowest BCUT2D eigenvalue weighted by Crippen LogP contribution is -2.35.